The first-order valence-corrected chi connectivity index (χ1v) is 7.52. The Morgan fingerprint density at radius 1 is 1.14 bits per heavy atom. The minimum Gasteiger partial charge on any atom is -0.497 e. The van der Waals surface area contributed by atoms with Crippen molar-refractivity contribution in [1.82, 2.24) is 0 Å². The van der Waals surface area contributed by atoms with Crippen molar-refractivity contribution in [1.29, 1.82) is 0 Å². The predicted molar refractivity (Wildman–Crippen MR) is 90.1 cm³/mol. The third-order valence-corrected chi connectivity index (χ3v) is 3.56. The van der Waals surface area contributed by atoms with Gasteiger partial charge in [-0.15, -0.1) is 0 Å². The van der Waals surface area contributed by atoms with Gasteiger partial charge in [-0.25, -0.2) is 0 Å². The van der Waals surface area contributed by atoms with E-state index in [0.29, 0.717) is 5.69 Å². The van der Waals surface area contributed by atoms with Gasteiger partial charge in [0.05, 0.1) is 13.5 Å². The van der Waals surface area contributed by atoms with Crippen molar-refractivity contribution in [2.24, 2.45) is 0 Å². The molecule has 0 aliphatic carbocycles. The van der Waals surface area contributed by atoms with Gasteiger partial charge >= 0.3 is 0 Å². The molecule has 1 amide bonds. The molecule has 0 bridgehead atoms. The van der Waals surface area contributed by atoms with E-state index in [2.05, 4.69) is 21.2 Å². The number of halogens is 1. The highest BCUT2D eigenvalue weighted by Crippen LogP contribution is 2.32. The molecule has 0 unspecified atom stereocenters. The quantitative estimate of drug-likeness (QED) is 0.817. The van der Waals surface area contributed by atoms with E-state index >= 15 is 0 Å². The SMILES string of the molecule is COc1ccc(-c2cc(Br)ccc2NC(=O)CC(C)=O)cc1. The largest absolute Gasteiger partial charge is 0.497 e. The van der Waals surface area contributed by atoms with Gasteiger partial charge in [0, 0.05) is 15.7 Å². The Balaban J connectivity index is 2.34. The van der Waals surface area contributed by atoms with Gasteiger partial charge in [0.2, 0.25) is 5.91 Å². The van der Waals surface area contributed by atoms with Gasteiger partial charge in [-0.3, -0.25) is 9.59 Å². The van der Waals surface area contributed by atoms with Gasteiger partial charge in [0.1, 0.15) is 11.5 Å². The van der Waals surface area contributed by atoms with Crippen LogP contribution in [0.3, 0.4) is 0 Å². The van der Waals surface area contributed by atoms with Gasteiger partial charge in [-0.1, -0.05) is 28.1 Å². The third-order valence-electron chi connectivity index (χ3n) is 3.07. The van der Waals surface area contributed by atoms with E-state index in [-0.39, 0.29) is 18.1 Å². The molecular formula is C17H16BrNO3. The average Bonchev–Trinajstić information content (AvgIpc) is 2.48. The minimum atomic E-state index is -0.315. The molecule has 22 heavy (non-hydrogen) atoms. The number of hydrogen-bond acceptors (Lipinski definition) is 3. The Labute approximate surface area is 137 Å². The van der Waals surface area contributed by atoms with Crippen molar-refractivity contribution in [3.8, 4) is 16.9 Å². The number of ether oxygens (including phenoxy) is 1. The fourth-order valence-electron chi connectivity index (χ4n) is 2.06. The molecule has 1 N–H and O–H groups in total. The van der Waals surface area contributed by atoms with Crippen molar-refractivity contribution < 1.29 is 14.3 Å². The van der Waals surface area contributed by atoms with Gasteiger partial charge in [-0.2, -0.15) is 0 Å². The Kier molecular flexibility index (Phi) is 5.33. The normalized spacial score (nSPS) is 10.1. The second-order valence-electron chi connectivity index (χ2n) is 4.85. The topological polar surface area (TPSA) is 55.4 Å². The lowest BCUT2D eigenvalue weighted by Crippen LogP contribution is -2.15. The van der Waals surface area contributed by atoms with Crippen molar-refractivity contribution in [3.63, 3.8) is 0 Å². The fourth-order valence-corrected chi connectivity index (χ4v) is 2.42. The smallest absolute Gasteiger partial charge is 0.231 e. The summed E-state index contributed by atoms with van der Waals surface area (Å²) in [5.74, 6) is 0.283. The summed E-state index contributed by atoms with van der Waals surface area (Å²) in [4.78, 5) is 22.9. The van der Waals surface area contributed by atoms with Crippen LogP contribution in [0.1, 0.15) is 13.3 Å². The molecule has 4 nitrogen and oxygen atoms in total. The van der Waals surface area contributed by atoms with E-state index in [1.54, 1.807) is 7.11 Å². The number of amides is 1. The van der Waals surface area contributed by atoms with E-state index < -0.39 is 0 Å². The van der Waals surface area contributed by atoms with Crippen LogP contribution in [-0.4, -0.2) is 18.8 Å². The monoisotopic (exact) mass is 361 g/mol. The van der Waals surface area contributed by atoms with Crippen molar-refractivity contribution in [2.75, 3.05) is 12.4 Å². The molecule has 2 aromatic rings. The zero-order valence-electron chi connectivity index (χ0n) is 12.4. The molecular weight excluding hydrogens is 346 g/mol. The van der Waals surface area contributed by atoms with Crippen LogP contribution < -0.4 is 10.1 Å². The maximum absolute atomic E-state index is 11.8. The molecule has 0 aliphatic heterocycles. The Morgan fingerprint density at radius 3 is 2.41 bits per heavy atom. The molecule has 0 atom stereocenters. The highest BCUT2D eigenvalue weighted by Gasteiger charge is 2.11. The van der Waals surface area contributed by atoms with Crippen LogP contribution in [0.4, 0.5) is 5.69 Å². The maximum Gasteiger partial charge on any atom is 0.231 e. The fraction of sp³-hybridized carbons (Fsp3) is 0.176. The first-order valence-electron chi connectivity index (χ1n) is 6.73. The standard InChI is InChI=1S/C17H16BrNO3/c1-11(20)9-17(21)19-16-8-5-13(18)10-15(16)12-3-6-14(22-2)7-4-12/h3-8,10H,9H2,1-2H3,(H,19,21). The molecule has 0 aromatic heterocycles. The second-order valence-corrected chi connectivity index (χ2v) is 5.76. The van der Waals surface area contributed by atoms with Crippen LogP contribution in [0.25, 0.3) is 11.1 Å². The Hall–Kier alpha value is -2.14. The number of methoxy groups -OCH3 is 1. The van der Waals surface area contributed by atoms with Gasteiger partial charge in [0.15, 0.2) is 0 Å². The Morgan fingerprint density at radius 2 is 1.82 bits per heavy atom. The number of anilines is 1. The predicted octanol–water partition coefficient (Wildman–Crippen LogP) is 4.04. The third kappa shape index (κ3) is 4.18. The summed E-state index contributed by atoms with van der Waals surface area (Å²) >= 11 is 3.44. The first-order chi connectivity index (χ1) is 10.5. The van der Waals surface area contributed by atoms with Crippen LogP contribution in [-0.2, 0) is 9.59 Å². The average molecular weight is 362 g/mol. The van der Waals surface area contributed by atoms with Crippen LogP contribution >= 0.6 is 15.9 Å². The molecule has 0 fully saturated rings. The molecule has 114 valence electrons. The van der Waals surface area contributed by atoms with Gasteiger partial charge in [0.25, 0.3) is 0 Å². The lowest BCUT2D eigenvalue weighted by atomic mass is 10.0. The summed E-state index contributed by atoms with van der Waals surface area (Å²) in [5, 5.41) is 2.78. The summed E-state index contributed by atoms with van der Waals surface area (Å²) in [6.45, 7) is 1.39. The molecule has 0 spiro atoms. The molecule has 0 saturated carbocycles. The molecule has 0 saturated heterocycles. The van der Waals surface area contributed by atoms with Crippen LogP contribution in [0.15, 0.2) is 46.9 Å². The van der Waals surface area contributed by atoms with Gasteiger partial charge in [-0.05, 0) is 42.8 Å². The molecule has 2 rings (SSSR count). The molecule has 0 aliphatic rings. The number of benzene rings is 2. The molecule has 5 heteroatoms. The molecule has 2 aromatic carbocycles. The second kappa shape index (κ2) is 7.22. The van der Waals surface area contributed by atoms with Crippen molar-refractivity contribution >= 4 is 33.3 Å². The number of ketones is 1. The zero-order chi connectivity index (χ0) is 16.1. The van der Waals surface area contributed by atoms with Gasteiger partial charge < -0.3 is 10.1 Å². The van der Waals surface area contributed by atoms with Crippen LogP contribution in [0.5, 0.6) is 5.75 Å². The van der Waals surface area contributed by atoms with E-state index in [4.69, 9.17) is 4.74 Å². The lowest BCUT2D eigenvalue weighted by Gasteiger charge is -2.12. The zero-order valence-corrected chi connectivity index (χ0v) is 13.9. The number of nitrogens with one attached hydrogen (secondary N) is 1. The molecule has 0 radical (unpaired) electrons. The highest BCUT2D eigenvalue weighted by molar-refractivity contribution is 9.10. The van der Waals surface area contributed by atoms with E-state index in [1.165, 1.54) is 6.92 Å². The number of hydrogen-bond donors (Lipinski definition) is 1. The van der Waals surface area contributed by atoms with E-state index in [0.717, 1.165) is 21.3 Å². The van der Waals surface area contributed by atoms with Crippen LogP contribution in [0, 0.1) is 0 Å². The van der Waals surface area contributed by atoms with E-state index in [1.807, 2.05) is 42.5 Å². The summed E-state index contributed by atoms with van der Waals surface area (Å²) in [6.07, 6.45) is -0.127. The number of rotatable bonds is 5. The summed E-state index contributed by atoms with van der Waals surface area (Å²) in [7, 11) is 1.61. The van der Waals surface area contributed by atoms with E-state index in [9.17, 15) is 9.59 Å². The lowest BCUT2D eigenvalue weighted by molar-refractivity contribution is -0.124. The van der Waals surface area contributed by atoms with Crippen molar-refractivity contribution in [3.05, 3.63) is 46.9 Å². The number of carbonyl (C=O) groups excluding carboxylic acids is 2. The number of Topliss-reactive ketones (excluding diaryl/α,β-unsaturated/α-hetero) is 1. The summed E-state index contributed by atoms with van der Waals surface area (Å²) in [5.41, 5.74) is 2.48. The molecule has 0 heterocycles. The van der Waals surface area contributed by atoms with Crippen molar-refractivity contribution in [2.45, 2.75) is 13.3 Å². The maximum atomic E-state index is 11.8. The summed E-state index contributed by atoms with van der Waals surface area (Å²) < 4.78 is 6.06. The highest BCUT2D eigenvalue weighted by atomic mass is 79.9. The first kappa shape index (κ1) is 16.2. The van der Waals surface area contributed by atoms with Crippen LogP contribution in [0.2, 0.25) is 0 Å². The minimum absolute atomic E-state index is 0.127. The Bertz CT molecular complexity index is 696. The summed E-state index contributed by atoms with van der Waals surface area (Å²) in [6, 6.07) is 13.1. The number of carbonyl (C=O) groups is 2.